The molecule has 1 saturated carbocycles. The van der Waals surface area contributed by atoms with Gasteiger partial charge in [-0.2, -0.15) is 0 Å². The smallest absolute Gasteiger partial charge is 0.340 e. The number of aromatic nitrogens is 4. The fraction of sp³-hybridized carbons (Fsp3) is 0.444. The number of amides is 1. The summed E-state index contributed by atoms with van der Waals surface area (Å²) >= 11 is 6.01. The van der Waals surface area contributed by atoms with Crippen molar-refractivity contribution in [2.24, 2.45) is 5.92 Å². The Labute approximate surface area is 280 Å². The van der Waals surface area contributed by atoms with Crippen LogP contribution in [-0.2, 0) is 16.1 Å². The molecule has 1 amide bonds. The molecule has 9 nitrogen and oxygen atoms in total. The van der Waals surface area contributed by atoms with Crippen molar-refractivity contribution in [1.82, 2.24) is 24.5 Å². The summed E-state index contributed by atoms with van der Waals surface area (Å²) in [6.45, 7) is 11.8. The number of hydrogen-bond donors (Lipinski definition) is 0. The van der Waals surface area contributed by atoms with E-state index >= 15 is 0 Å². The summed E-state index contributed by atoms with van der Waals surface area (Å²) in [6, 6.07) is 12.9. The van der Waals surface area contributed by atoms with E-state index in [-0.39, 0.29) is 23.8 Å². The van der Waals surface area contributed by atoms with E-state index in [4.69, 9.17) is 21.1 Å². The number of carbonyl (C=O) groups is 2. The molecule has 11 heteroatoms. The van der Waals surface area contributed by atoms with Crippen molar-refractivity contribution >= 4 is 23.5 Å². The molecule has 0 bridgehead atoms. The van der Waals surface area contributed by atoms with E-state index in [9.17, 15) is 14.0 Å². The van der Waals surface area contributed by atoms with Gasteiger partial charge in [-0.3, -0.25) is 4.79 Å². The summed E-state index contributed by atoms with van der Waals surface area (Å²) in [7, 11) is 1.76. The van der Waals surface area contributed by atoms with Crippen LogP contribution in [0.4, 0.5) is 4.39 Å². The van der Waals surface area contributed by atoms with Gasteiger partial charge in [0.2, 0.25) is 5.91 Å². The van der Waals surface area contributed by atoms with Gasteiger partial charge in [0.25, 0.3) is 0 Å². The molecule has 2 aromatic heterocycles. The molecule has 1 aliphatic carbocycles. The third-order valence-electron chi connectivity index (χ3n) is 8.88. The van der Waals surface area contributed by atoms with Crippen molar-refractivity contribution < 1.29 is 23.5 Å². The molecule has 1 fully saturated rings. The molecule has 2 aromatic carbocycles. The van der Waals surface area contributed by atoms with Gasteiger partial charge in [0.05, 0.1) is 30.4 Å². The van der Waals surface area contributed by atoms with Crippen LogP contribution in [0, 0.1) is 25.6 Å². The molecule has 250 valence electrons. The number of benzene rings is 2. The molecule has 0 aliphatic heterocycles. The van der Waals surface area contributed by atoms with Gasteiger partial charge in [-0.05, 0) is 116 Å². The van der Waals surface area contributed by atoms with Crippen LogP contribution in [0.2, 0.25) is 5.02 Å². The predicted octanol–water partition coefficient (Wildman–Crippen LogP) is 8.24. The molecule has 0 spiro atoms. The number of nitrogens with zero attached hydrogens (tertiary/aromatic N) is 5. The van der Waals surface area contributed by atoms with Gasteiger partial charge >= 0.3 is 5.97 Å². The van der Waals surface area contributed by atoms with Crippen molar-refractivity contribution in [1.29, 1.82) is 0 Å². The molecule has 2 heterocycles. The first kappa shape index (κ1) is 34.2. The first-order valence-electron chi connectivity index (χ1n) is 16.0. The maximum Gasteiger partial charge on any atom is 0.340 e. The standard InChI is InChI=1S/C36H43ClFN5O4/c1-22-18-32(35(45)47-36(4,5)6)24(3)42(22)20-28-21-43(40-39-28)29-13-8-25(9-14-29)34(44)41(7)23(2)31-19-27(38)12-17-33(31)46-30-15-10-26(37)11-16-30/h10-12,15-19,21,23,25,29H,8-9,13-14,20H2,1-7H3. The maximum atomic E-state index is 14.4. The summed E-state index contributed by atoms with van der Waals surface area (Å²) in [5.41, 5.74) is 3.13. The second-order valence-electron chi connectivity index (χ2n) is 13.4. The Kier molecular flexibility index (Phi) is 10.1. The van der Waals surface area contributed by atoms with Crippen molar-refractivity contribution in [3.05, 3.63) is 93.8 Å². The minimum atomic E-state index is -0.572. The fourth-order valence-corrected chi connectivity index (χ4v) is 6.28. The zero-order chi connectivity index (χ0) is 34.0. The lowest BCUT2D eigenvalue weighted by atomic mass is 9.85. The summed E-state index contributed by atoms with van der Waals surface area (Å²) in [6.07, 6.45) is 4.96. The van der Waals surface area contributed by atoms with Crippen molar-refractivity contribution in [3.63, 3.8) is 0 Å². The number of halogens is 2. The topological polar surface area (TPSA) is 91.5 Å². The molecule has 1 atom stereocenters. The van der Waals surface area contributed by atoms with Crippen LogP contribution >= 0.6 is 11.6 Å². The average Bonchev–Trinajstić information content (AvgIpc) is 3.61. The Hall–Kier alpha value is -4.18. The van der Waals surface area contributed by atoms with Gasteiger partial charge in [-0.15, -0.1) is 5.10 Å². The second-order valence-corrected chi connectivity index (χ2v) is 13.9. The van der Waals surface area contributed by atoms with Crippen molar-refractivity contribution in [3.8, 4) is 11.5 Å². The van der Waals surface area contributed by atoms with Crippen LogP contribution < -0.4 is 4.74 Å². The number of hydrogen-bond acceptors (Lipinski definition) is 6. The monoisotopic (exact) mass is 663 g/mol. The van der Waals surface area contributed by atoms with Gasteiger partial charge in [0, 0.05) is 34.9 Å². The number of ether oxygens (including phenoxy) is 2. The zero-order valence-electron chi connectivity index (χ0n) is 28.1. The molecule has 47 heavy (non-hydrogen) atoms. The zero-order valence-corrected chi connectivity index (χ0v) is 28.8. The van der Waals surface area contributed by atoms with Crippen LogP contribution in [-0.4, -0.2) is 49.0 Å². The van der Waals surface area contributed by atoms with Gasteiger partial charge in [-0.25, -0.2) is 13.9 Å². The molecule has 1 unspecified atom stereocenters. The number of esters is 1. The summed E-state index contributed by atoms with van der Waals surface area (Å²) < 4.78 is 30.0. The van der Waals surface area contributed by atoms with Crippen LogP contribution in [0.25, 0.3) is 0 Å². The van der Waals surface area contributed by atoms with Crippen LogP contribution in [0.1, 0.15) is 98.5 Å². The number of carbonyl (C=O) groups excluding carboxylic acids is 2. The van der Waals surface area contributed by atoms with Gasteiger partial charge in [-0.1, -0.05) is 16.8 Å². The number of aryl methyl sites for hydroxylation is 1. The highest BCUT2D eigenvalue weighted by Gasteiger charge is 2.32. The molecular formula is C36H43ClFN5O4. The normalized spacial score (nSPS) is 17.3. The van der Waals surface area contributed by atoms with Gasteiger partial charge in [0.1, 0.15) is 28.6 Å². The SMILES string of the molecule is Cc1cc(C(=O)OC(C)(C)C)c(C)n1Cc1cn(C2CCC(C(=O)N(C)C(C)c3cc(F)ccc3Oc3ccc(Cl)cc3)CC2)nn1. The molecule has 4 aromatic rings. The van der Waals surface area contributed by atoms with Crippen LogP contribution in [0.5, 0.6) is 11.5 Å². The van der Waals surface area contributed by atoms with E-state index < -0.39 is 17.5 Å². The Bertz CT molecular complexity index is 1730. The highest BCUT2D eigenvalue weighted by atomic mass is 35.5. The average molecular weight is 664 g/mol. The first-order valence-corrected chi connectivity index (χ1v) is 16.4. The molecular weight excluding hydrogens is 621 g/mol. The van der Waals surface area contributed by atoms with Crippen LogP contribution in [0.3, 0.4) is 0 Å². The highest BCUT2D eigenvalue weighted by molar-refractivity contribution is 6.30. The lowest BCUT2D eigenvalue weighted by Gasteiger charge is -2.33. The van der Waals surface area contributed by atoms with Gasteiger partial charge in [0.15, 0.2) is 0 Å². The van der Waals surface area contributed by atoms with E-state index in [2.05, 4.69) is 10.3 Å². The second kappa shape index (κ2) is 13.9. The molecule has 1 aliphatic rings. The Balaban J connectivity index is 1.20. The highest BCUT2D eigenvalue weighted by Crippen LogP contribution is 2.37. The molecule has 5 rings (SSSR count). The van der Waals surface area contributed by atoms with E-state index in [1.54, 1.807) is 42.3 Å². The molecule has 0 radical (unpaired) electrons. The summed E-state index contributed by atoms with van der Waals surface area (Å²) in [5.74, 6) is 0.202. The van der Waals surface area contributed by atoms with Crippen molar-refractivity contribution in [2.75, 3.05) is 7.05 Å². The molecule has 0 saturated heterocycles. The van der Waals surface area contributed by atoms with Crippen LogP contribution in [0.15, 0.2) is 54.7 Å². The van der Waals surface area contributed by atoms with E-state index in [0.29, 0.717) is 47.0 Å². The number of rotatable bonds is 9. The Morgan fingerprint density at radius 2 is 1.74 bits per heavy atom. The minimum absolute atomic E-state index is 0.0243. The quantitative estimate of drug-likeness (QED) is 0.168. The van der Waals surface area contributed by atoms with Crippen molar-refractivity contribution in [2.45, 2.75) is 91.5 Å². The fourth-order valence-electron chi connectivity index (χ4n) is 6.15. The summed E-state index contributed by atoms with van der Waals surface area (Å²) in [4.78, 5) is 28.1. The first-order chi connectivity index (χ1) is 22.2. The Morgan fingerprint density at radius 3 is 2.40 bits per heavy atom. The maximum absolute atomic E-state index is 14.4. The minimum Gasteiger partial charge on any atom is -0.457 e. The predicted molar refractivity (Wildman–Crippen MR) is 178 cm³/mol. The Morgan fingerprint density at radius 1 is 1.06 bits per heavy atom. The third-order valence-corrected chi connectivity index (χ3v) is 9.13. The molecule has 0 N–H and O–H groups in total. The van der Waals surface area contributed by atoms with E-state index in [0.717, 1.165) is 29.9 Å². The largest absolute Gasteiger partial charge is 0.457 e. The lowest BCUT2D eigenvalue weighted by molar-refractivity contribution is -0.137. The van der Waals surface area contributed by atoms with E-state index in [1.807, 2.05) is 63.1 Å². The lowest BCUT2D eigenvalue weighted by Crippen LogP contribution is -2.37. The summed E-state index contributed by atoms with van der Waals surface area (Å²) in [5, 5.41) is 9.44. The van der Waals surface area contributed by atoms with Gasteiger partial charge < -0.3 is 18.9 Å². The van der Waals surface area contributed by atoms with E-state index in [1.165, 1.54) is 12.1 Å². The third kappa shape index (κ3) is 8.04.